The van der Waals surface area contributed by atoms with Crippen LogP contribution < -0.4 is 4.72 Å². The highest BCUT2D eigenvalue weighted by Gasteiger charge is 2.27. The van der Waals surface area contributed by atoms with Crippen molar-refractivity contribution in [2.45, 2.75) is 30.7 Å². The molecule has 0 bridgehead atoms. The Kier molecular flexibility index (Phi) is 4.78. The fraction of sp³-hybridized carbons (Fsp3) is 0.583. The summed E-state index contributed by atoms with van der Waals surface area (Å²) in [5.41, 5.74) is 0. The highest BCUT2D eigenvalue weighted by molar-refractivity contribution is 7.89. The normalized spacial score (nSPS) is 15.9. The summed E-state index contributed by atoms with van der Waals surface area (Å²) in [4.78, 5) is 6.11. The van der Waals surface area contributed by atoms with Crippen molar-refractivity contribution < 1.29 is 8.42 Å². The standard InChI is InChI=1S/C12H18ClN3O2S/c1-2-16(10-3-4-10)8-7-15-19(17,18)12-9-14-6-5-11(12)13/h5-6,9-10,15H,2-4,7-8H2,1H3. The topological polar surface area (TPSA) is 62.3 Å². The van der Waals surface area contributed by atoms with Gasteiger partial charge in [0.1, 0.15) is 4.90 Å². The van der Waals surface area contributed by atoms with Crippen LogP contribution in [0.4, 0.5) is 0 Å². The minimum atomic E-state index is -3.57. The summed E-state index contributed by atoms with van der Waals surface area (Å²) in [6.07, 6.45) is 5.17. The molecule has 0 atom stereocenters. The first-order valence-corrected chi connectivity index (χ1v) is 8.24. The van der Waals surface area contributed by atoms with E-state index in [1.807, 2.05) is 0 Å². The molecule has 0 amide bonds. The molecule has 1 N–H and O–H groups in total. The van der Waals surface area contributed by atoms with Gasteiger partial charge in [-0.15, -0.1) is 0 Å². The maximum atomic E-state index is 12.1. The van der Waals surface area contributed by atoms with Crippen LogP contribution in [0.15, 0.2) is 23.4 Å². The van der Waals surface area contributed by atoms with E-state index in [0.717, 1.165) is 13.1 Å². The minimum Gasteiger partial charge on any atom is -0.299 e. The molecule has 1 saturated carbocycles. The highest BCUT2D eigenvalue weighted by atomic mass is 35.5. The molecule has 0 spiro atoms. The average Bonchev–Trinajstić information content (AvgIpc) is 3.19. The van der Waals surface area contributed by atoms with Crippen molar-refractivity contribution in [3.63, 3.8) is 0 Å². The lowest BCUT2D eigenvalue weighted by Gasteiger charge is -2.19. The maximum absolute atomic E-state index is 12.1. The van der Waals surface area contributed by atoms with E-state index in [9.17, 15) is 8.42 Å². The summed E-state index contributed by atoms with van der Waals surface area (Å²) < 4.78 is 26.7. The molecule has 1 aliphatic carbocycles. The van der Waals surface area contributed by atoms with Gasteiger partial charge >= 0.3 is 0 Å². The van der Waals surface area contributed by atoms with Gasteiger partial charge in [0.15, 0.2) is 0 Å². The van der Waals surface area contributed by atoms with Crippen molar-refractivity contribution in [3.8, 4) is 0 Å². The number of likely N-dealkylation sites (N-methyl/N-ethyl adjacent to an activating group) is 1. The third-order valence-electron chi connectivity index (χ3n) is 3.18. The van der Waals surface area contributed by atoms with Crippen molar-refractivity contribution in [3.05, 3.63) is 23.5 Å². The van der Waals surface area contributed by atoms with Gasteiger partial charge in [0, 0.05) is 31.5 Å². The number of nitrogens with one attached hydrogen (secondary N) is 1. The quantitative estimate of drug-likeness (QED) is 0.829. The second-order valence-electron chi connectivity index (χ2n) is 4.56. The average molecular weight is 304 g/mol. The Hall–Kier alpha value is -0.690. The predicted molar refractivity (Wildman–Crippen MR) is 74.7 cm³/mol. The molecule has 19 heavy (non-hydrogen) atoms. The number of aromatic nitrogens is 1. The van der Waals surface area contributed by atoms with Crippen molar-refractivity contribution in [2.75, 3.05) is 19.6 Å². The molecule has 0 saturated heterocycles. The van der Waals surface area contributed by atoms with Crippen LogP contribution in [0.1, 0.15) is 19.8 Å². The molecule has 5 nitrogen and oxygen atoms in total. The third-order valence-corrected chi connectivity index (χ3v) is 5.11. The predicted octanol–water partition coefficient (Wildman–Crippen LogP) is 1.50. The smallest absolute Gasteiger partial charge is 0.243 e. The van der Waals surface area contributed by atoms with E-state index >= 15 is 0 Å². The number of hydrogen-bond donors (Lipinski definition) is 1. The molecule has 1 aliphatic rings. The highest BCUT2D eigenvalue weighted by Crippen LogP contribution is 2.26. The summed E-state index contributed by atoms with van der Waals surface area (Å²) >= 11 is 5.87. The summed E-state index contributed by atoms with van der Waals surface area (Å²) in [5.74, 6) is 0. The lowest BCUT2D eigenvalue weighted by molar-refractivity contribution is 0.282. The second-order valence-corrected chi connectivity index (χ2v) is 6.71. The number of hydrogen-bond acceptors (Lipinski definition) is 4. The molecule has 106 valence electrons. The summed E-state index contributed by atoms with van der Waals surface area (Å²) in [6.45, 7) is 4.14. The van der Waals surface area contributed by atoms with Crippen LogP contribution in [0.3, 0.4) is 0 Å². The molecule has 0 aromatic carbocycles. The lowest BCUT2D eigenvalue weighted by atomic mass is 10.4. The Morgan fingerprint density at radius 2 is 2.26 bits per heavy atom. The Morgan fingerprint density at radius 3 is 2.84 bits per heavy atom. The van der Waals surface area contributed by atoms with Crippen molar-refractivity contribution in [1.82, 2.24) is 14.6 Å². The van der Waals surface area contributed by atoms with Gasteiger partial charge in [-0.3, -0.25) is 9.88 Å². The van der Waals surface area contributed by atoms with Crippen molar-refractivity contribution in [1.29, 1.82) is 0 Å². The zero-order valence-corrected chi connectivity index (χ0v) is 12.4. The van der Waals surface area contributed by atoms with Crippen LogP contribution in [-0.4, -0.2) is 44.0 Å². The first-order chi connectivity index (χ1) is 9.04. The van der Waals surface area contributed by atoms with E-state index in [4.69, 9.17) is 11.6 Å². The number of halogens is 1. The molecule has 0 radical (unpaired) electrons. The van der Waals surface area contributed by atoms with Crippen LogP contribution in [0.2, 0.25) is 5.02 Å². The molecular formula is C12H18ClN3O2S. The van der Waals surface area contributed by atoms with Gasteiger partial charge in [-0.05, 0) is 25.5 Å². The first kappa shape index (κ1) is 14.7. The fourth-order valence-electron chi connectivity index (χ4n) is 2.00. The van der Waals surface area contributed by atoms with Crippen LogP contribution in [0.5, 0.6) is 0 Å². The Bertz CT molecular complexity index is 532. The van der Waals surface area contributed by atoms with E-state index in [1.165, 1.54) is 31.3 Å². The van der Waals surface area contributed by atoms with Gasteiger partial charge in [0.25, 0.3) is 0 Å². The Balaban J connectivity index is 1.92. The largest absolute Gasteiger partial charge is 0.299 e. The molecule has 1 aromatic rings. The molecular weight excluding hydrogens is 286 g/mol. The van der Waals surface area contributed by atoms with Gasteiger partial charge in [-0.25, -0.2) is 13.1 Å². The van der Waals surface area contributed by atoms with Crippen LogP contribution in [0, 0.1) is 0 Å². The third kappa shape index (κ3) is 3.89. The molecule has 2 rings (SSSR count). The first-order valence-electron chi connectivity index (χ1n) is 6.38. The van der Waals surface area contributed by atoms with Crippen molar-refractivity contribution in [2.24, 2.45) is 0 Å². The second kappa shape index (κ2) is 6.17. The van der Waals surface area contributed by atoms with E-state index in [2.05, 4.69) is 21.5 Å². The van der Waals surface area contributed by atoms with Gasteiger partial charge in [-0.1, -0.05) is 18.5 Å². The number of rotatable bonds is 7. The number of pyridine rings is 1. The van der Waals surface area contributed by atoms with Crippen LogP contribution in [0.25, 0.3) is 0 Å². The molecule has 0 aliphatic heterocycles. The van der Waals surface area contributed by atoms with Gasteiger partial charge in [0.05, 0.1) is 5.02 Å². The van der Waals surface area contributed by atoms with Crippen molar-refractivity contribution >= 4 is 21.6 Å². The van der Waals surface area contributed by atoms with E-state index < -0.39 is 10.0 Å². The van der Waals surface area contributed by atoms with Crippen LogP contribution >= 0.6 is 11.6 Å². The Labute approximate surface area is 119 Å². The number of sulfonamides is 1. The summed E-state index contributed by atoms with van der Waals surface area (Å²) in [7, 11) is -3.57. The zero-order valence-electron chi connectivity index (χ0n) is 10.8. The molecule has 1 aromatic heterocycles. The Morgan fingerprint density at radius 1 is 1.53 bits per heavy atom. The van der Waals surface area contributed by atoms with Gasteiger partial charge < -0.3 is 0 Å². The summed E-state index contributed by atoms with van der Waals surface area (Å²) in [5, 5.41) is 0.192. The van der Waals surface area contributed by atoms with Crippen LogP contribution in [-0.2, 0) is 10.0 Å². The van der Waals surface area contributed by atoms with E-state index in [0.29, 0.717) is 12.6 Å². The minimum absolute atomic E-state index is 0.0335. The summed E-state index contributed by atoms with van der Waals surface area (Å²) in [6, 6.07) is 2.11. The van der Waals surface area contributed by atoms with Gasteiger partial charge in [-0.2, -0.15) is 0 Å². The zero-order chi connectivity index (χ0) is 13.9. The van der Waals surface area contributed by atoms with E-state index in [1.54, 1.807) is 0 Å². The molecule has 1 heterocycles. The number of nitrogens with zero attached hydrogens (tertiary/aromatic N) is 2. The fourth-order valence-corrected chi connectivity index (χ4v) is 3.45. The molecule has 7 heteroatoms. The monoisotopic (exact) mass is 303 g/mol. The SMILES string of the molecule is CCN(CCNS(=O)(=O)c1cnccc1Cl)C1CC1. The molecule has 1 fully saturated rings. The molecule has 0 unspecified atom stereocenters. The van der Waals surface area contributed by atoms with Gasteiger partial charge in [0.2, 0.25) is 10.0 Å². The van der Waals surface area contributed by atoms with E-state index in [-0.39, 0.29) is 9.92 Å². The maximum Gasteiger partial charge on any atom is 0.243 e. The lowest BCUT2D eigenvalue weighted by Crippen LogP contribution is -2.36.